The SMILES string of the molecule is CO[SiH](CCCC[Si](CCCC[SiH](OC)OC)(CCCC[SiH](OC)OC)CCCC[SiH](OC)OC)OC. The summed E-state index contributed by atoms with van der Waals surface area (Å²) in [6.07, 6.45) is 10.1. The third-order valence-electron chi connectivity index (χ3n) is 7.69. The Balaban J connectivity index is 5.24. The van der Waals surface area contributed by atoms with Gasteiger partial charge in [0.2, 0.25) is 0 Å². The van der Waals surface area contributed by atoms with E-state index in [-0.39, 0.29) is 0 Å². The van der Waals surface area contributed by atoms with E-state index in [0.29, 0.717) is 0 Å². The van der Waals surface area contributed by atoms with Crippen LogP contribution in [-0.2, 0) is 35.4 Å². The van der Waals surface area contributed by atoms with E-state index in [1.807, 2.05) is 0 Å². The zero-order chi connectivity index (χ0) is 27.8. The quantitative estimate of drug-likeness (QED) is 0.0932. The maximum atomic E-state index is 5.57. The van der Waals surface area contributed by atoms with Gasteiger partial charge < -0.3 is 35.4 Å². The number of hydrogen-bond acceptors (Lipinski definition) is 8. The molecule has 0 aromatic carbocycles. The molecule has 37 heavy (non-hydrogen) atoms. The Morgan fingerprint density at radius 2 is 0.514 bits per heavy atom. The summed E-state index contributed by atoms with van der Waals surface area (Å²) >= 11 is 0. The molecule has 13 heteroatoms. The molecule has 0 aromatic heterocycles. The Morgan fingerprint density at radius 1 is 0.324 bits per heavy atom. The van der Waals surface area contributed by atoms with E-state index in [1.165, 1.54) is 75.5 Å². The monoisotopic (exact) mass is 616 g/mol. The lowest BCUT2D eigenvalue weighted by molar-refractivity contribution is 0.276. The average Bonchev–Trinajstić information content (AvgIpc) is 2.93. The Kier molecular flexibility index (Phi) is 26.2. The van der Waals surface area contributed by atoms with Crippen LogP contribution >= 0.6 is 0 Å². The molecule has 0 saturated heterocycles. The molecular weight excluding hydrogens is 557 g/mol. The van der Waals surface area contributed by atoms with Gasteiger partial charge >= 0.3 is 37.1 Å². The first-order valence-electron chi connectivity index (χ1n) is 14.2. The molecule has 0 heterocycles. The van der Waals surface area contributed by atoms with Crippen LogP contribution in [0.5, 0.6) is 0 Å². The lowest BCUT2D eigenvalue weighted by atomic mass is 10.4. The van der Waals surface area contributed by atoms with Crippen molar-refractivity contribution in [3.05, 3.63) is 0 Å². The van der Waals surface area contributed by atoms with Gasteiger partial charge in [-0.2, -0.15) is 0 Å². The number of hydrogen-bond donors (Lipinski definition) is 0. The smallest absolute Gasteiger partial charge is 0.320 e. The largest absolute Gasteiger partial charge is 0.400 e. The highest BCUT2D eigenvalue weighted by Gasteiger charge is 2.31. The molecular formula is C24H60O8Si5. The van der Waals surface area contributed by atoms with Gasteiger partial charge in [0.05, 0.1) is 8.07 Å². The molecule has 0 spiro atoms. The maximum absolute atomic E-state index is 5.57. The molecule has 0 aliphatic carbocycles. The van der Waals surface area contributed by atoms with Gasteiger partial charge in [0.15, 0.2) is 0 Å². The molecule has 0 saturated carbocycles. The summed E-state index contributed by atoms with van der Waals surface area (Å²) in [5, 5.41) is 0. The minimum Gasteiger partial charge on any atom is -0.400 e. The van der Waals surface area contributed by atoms with Crippen molar-refractivity contribution in [3.8, 4) is 0 Å². The first kappa shape index (κ1) is 37.8. The first-order chi connectivity index (χ1) is 18.0. The fourth-order valence-electron chi connectivity index (χ4n) is 5.32. The molecule has 0 aliphatic heterocycles. The predicted octanol–water partition coefficient (Wildman–Crippen LogP) is 4.61. The molecule has 0 radical (unpaired) electrons. The van der Waals surface area contributed by atoms with Crippen molar-refractivity contribution in [2.24, 2.45) is 0 Å². The Hall–Kier alpha value is 0.764. The summed E-state index contributed by atoms with van der Waals surface area (Å²) < 4.78 is 44.6. The van der Waals surface area contributed by atoms with Crippen LogP contribution in [0.4, 0.5) is 0 Å². The first-order valence-corrected chi connectivity index (χ1v) is 24.1. The topological polar surface area (TPSA) is 73.8 Å². The Labute approximate surface area is 236 Å². The summed E-state index contributed by atoms with van der Waals surface area (Å²) in [6, 6.07) is 10.1. The van der Waals surface area contributed by atoms with Gasteiger partial charge in [0.1, 0.15) is 0 Å². The molecule has 0 atom stereocenters. The van der Waals surface area contributed by atoms with Gasteiger partial charge in [0, 0.05) is 56.9 Å². The van der Waals surface area contributed by atoms with Crippen LogP contribution in [0.1, 0.15) is 51.4 Å². The van der Waals surface area contributed by atoms with Crippen molar-refractivity contribution in [2.45, 2.75) is 99.7 Å². The van der Waals surface area contributed by atoms with E-state index in [0.717, 1.165) is 24.2 Å². The van der Waals surface area contributed by atoms with Crippen LogP contribution in [0.15, 0.2) is 0 Å². The van der Waals surface area contributed by atoms with Gasteiger partial charge in [0.25, 0.3) is 0 Å². The maximum Gasteiger partial charge on any atom is 0.320 e. The fourth-order valence-corrected chi connectivity index (χ4v) is 16.0. The molecule has 0 bridgehead atoms. The standard InChI is InChI=1S/C24H60O8Si5/c1-25-33(26-2)17-9-13-21-37(22-14-10-18-34(27-3)28-4,23-15-11-19-35(29-5)30-6)24-16-12-20-36(31-7)32-8/h33-36H,9-24H2,1-8H3. The normalized spacial score (nSPS) is 12.6. The van der Waals surface area contributed by atoms with E-state index in [4.69, 9.17) is 35.4 Å². The Bertz CT molecular complexity index is 397. The number of unbranched alkanes of at least 4 members (excludes halogenated alkanes) is 4. The van der Waals surface area contributed by atoms with Crippen LogP contribution < -0.4 is 0 Å². The van der Waals surface area contributed by atoms with Gasteiger partial charge in [-0.05, 0) is 24.2 Å². The van der Waals surface area contributed by atoms with Crippen molar-refractivity contribution in [1.82, 2.24) is 0 Å². The average molecular weight is 617 g/mol. The van der Waals surface area contributed by atoms with Gasteiger partial charge in [-0.1, -0.05) is 75.5 Å². The molecule has 0 fully saturated rings. The summed E-state index contributed by atoms with van der Waals surface area (Å²) in [5.74, 6) is 0. The summed E-state index contributed by atoms with van der Waals surface area (Å²) in [6.45, 7) is 0. The van der Waals surface area contributed by atoms with Gasteiger partial charge in [-0.3, -0.25) is 0 Å². The predicted molar refractivity (Wildman–Crippen MR) is 166 cm³/mol. The minimum absolute atomic E-state index is 1.11. The van der Waals surface area contributed by atoms with Gasteiger partial charge in [-0.25, -0.2) is 0 Å². The van der Waals surface area contributed by atoms with Crippen LogP contribution in [0.3, 0.4) is 0 Å². The van der Waals surface area contributed by atoms with Crippen LogP contribution in [0.2, 0.25) is 48.4 Å². The summed E-state index contributed by atoms with van der Waals surface area (Å²) in [7, 11) is 7.05. The molecule has 8 nitrogen and oxygen atoms in total. The van der Waals surface area contributed by atoms with Crippen molar-refractivity contribution in [2.75, 3.05) is 56.9 Å². The molecule has 224 valence electrons. The summed E-state index contributed by atoms with van der Waals surface area (Å²) in [5.41, 5.74) is 0. The van der Waals surface area contributed by atoms with Crippen LogP contribution in [0.25, 0.3) is 0 Å². The van der Waals surface area contributed by atoms with Crippen LogP contribution in [-0.4, -0.2) is 102 Å². The summed E-state index contributed by atoms with van der Waals surface area (Å²) in [4.78, 5) is 0. The molecule has 0 amide bonds. The van der Waals surface area contributed by atoms with Crippen molar-refractivity contribution in [1.29, 1.82) is 0 Å². The lowest BCUT2D eigenvalue weighted by Gasteiger charge is -2.33. The van der Waals surface area contributed by atoms with E-state index in [2.05, 4.69) is 0 Å². The zero-order valence-corrected chi connectivity index (χ0v) is 31.0. The van der Waals surface area contributed by atoms with Crippen molar-refractivity contribution in [3.63, 3.8) is 0 Å². The second-order valence-electron chi connectivity index (χ2n) is 10.1. The third-order valence-corrected chi connectivity index (χ3v) is 21.1. The van der Waals surface area contributed by atoms with Crippen molar-refractivity contribution >= 4 is 45.2 Å². The Morgan fingerprint density at radius 3 is 0.676 bits per heavy atom. The fraction of sp³-hybridized carbons (Fsp3) is 1.00. The van der Waals surface area contributed by atoms with Gasteiger partial charge in [-0.15, -0.1) is 0 Å². The second-order valence-corrected chi connectivity index (χ2v) is 24.6. The zero-order valence-electron chi connectivity index (χ0n) is 25.4. The highest BCUT2D eigenvalue weighted by atomic mass is 28.3. The molecule has 0 aliphatic rings. The van der Waals surface area contributed by atoms with E-state index in [1.54, 1.807) is 56.9 Å². The molecule has 0 rings (SSSR count). The lowest BCUT2D eigenvalue weighted by Crippen LogP contribution is -2.34. The highest BCUT2D eigenvalue weighted by Crippen LogP contribution is 2.35. The van der Waals surface area contributed by atoms with E-state index >= 15 is 0 Å². The molecule has 0 unspecified atom stereocenters. The van der Waals surface area contributed by atoms with E-state index in [9.17, 15) is 0 Å². The minimum atomic E-state index is -1.47. The highest BCUT2D eigenvalue weighted by molar-refractivity contribution is 6.79. The second kappa shape index (κ2) is 25.7. The molecule has 0 aromatic rings. The number of rotatable bonds is 28. The van der Waals surface area contributed by atoms with Crippen LogP contribution in [0, 0.1) is 0 Å². The van der Waals surface area contributed by atoms with Crippen molar-refractivity contribution < 1.29 is 35.4 Å². The molecule has 0 N–H and O–H groups in total. The van der Waals surface area contributed by atoms with E-state index < -0.39 is 45.2 Å². The third kappa shape index (κ3) is 18.7.